The molecule has 0 bridgehead atoms. The lowest BCUT2D eigenvalue weighted by Crippen LogP contribution is -2.24. The van der Waals surface area contributed by atoms with Gasteiger partial charge in [0.05, 0.1) is 18.2 Å². The Hall–Kier alpha value is -3.40. The minimum Gasteiger partial charge on any atom is -0.481 e. The molecular formula is C24H21NO3. The summed E-state index contributed by atoms with van der Waals surface area (Å²) in [5, 5.41) is 9.42. The van der Waals surface area contributed by atoms with Crippen molar-refractivity contribution in [3.63, 3.8) is 0 Å². The van der Waals surface area contributed by atoms with Crippen LogP contribution in [0.3, 0.4) is 0 Å². The van der Waals surface area contributed by atoms with Gasteiger partial charge in [0, 0.05) is 11.1 Å². The highest BCUT2D eigenvalue weighted by Crippen LogP contribution is 2.36. The summed E-state index contributed by atoms with van der Waals surface area (Å²) in [5.74, 6) is -1.51. The Bertz CT molecular complexity index is 1050. The highest BCUT2D eigenvalue weighted by Gasteiger charge is 2.30. The molecule has 28 heavy (non-hydrogen) atoms. The van der Waals surface area contributed by atoms with Crippen LogP contribution in [-0.4, -0.2) is 17.0 Å². The molecule has 0 radical (unpaired) electrons. The van der Waals surface area contributed by atoms with E-state index in [-0.39, 0.29) is 5.91 Å². The molecule has 2 aromatic carbocycles. The minimum atomic E-state index is -0.867. The number of nitrogens with zero attached hydrogens (tertiary/aromatic N) is 1. The molecule has 1 amide bonds. The van der Waals surface area contributed by atoms with Crippen LogP contribution in [0.2, 0.25) is 0 Å². The van der Waals surface area contributed by atoms with E-state index in [1.165, 1.54) is 0 Å². The second kappa shape index (κ2) is 7.31. The molecule has 0 spiro atoms. The molecular weight excluding hydrogens is 350 g/mol. The highest BCUT2D eigenvalue weighted by molar-refractivity contribution is 6.11. The Morgan fingerprint density at radius 2 is 1.93 bits per heavy atom. The average Bonchev–Trinajstić information content (AvgIpc) is 2.88. The number of carboxylic acids is 1. The Labute approximate surface area is 164 Å². The van der Waals surface area contributed by atoms with Crippen molar-refractivity contribution in [2.75, 3.05) is 4.90 Å². The van der Waals surface area contributed by atoms with Crippen molar-refractivity contribution in [2.24, 2.45) is 0 Å². The highest BCUT2D eigenvalue weighted by atomic mass is 16.4. The number of rotatable bonds is 4. The maximum atomic E-state index is 13.0. The molecule has 1 aliphatic heterocycles. The maximum absolute atomic E-state index is 13.0. The zero-order chi connectivity index (χ0) is 19.7. The van der Waals surface area contributed by atoms with Gasteiger partial charge in [-0.2, -0.15) is 0 Å². The molecule has 1 aliphatic carbocycles. The Balaban J connectivity index is 1.83. The molecule has 0 fully saturated rings. The van der Waals surface area contributed by atoms with Gasteiger partial charge in [0.1, 0.15) is 0 Å². The lowest BCUT2D eigenvalue weighted by molar-refractivity contribution is -0.138. The topological polar surface area (TPSA) is 57.6 Å². The number of allylic oxidation sites excluding steroid dienone is 6. The van der Waals surface area contributed by atoms with Crippen molar-refractivity contribution < 1.29 is 14.7 Å². The molecule has 1 atom stereocenters. The molecule has 140 valence electrons. The zero-order valence-electron chi connectivity index (χ0n) is 15.6. The quantitative estimate of drug-likeness (QED) is 0.829. The summed E-state index contributed by atoms with van der Waals surface area (Å²) in [6, 6.07) is 13.2. The van der Waals surface area contributed by atoms with Crippen LogP contribution in [0.5, 0.6) is 0 Å². The van der Waals surface area contributed by atoms with E-state index in [4.69, 9.17) is 0 Å². The summed E-state index contributed by atoms with van der Waals surface area (Å²) >= 11 is 0. The smallest absolute Gasteiger partial charge is 0.310 e. The number of carbonyl (C=O) groups excluding carboxylic acids is 1. The monoisotopic (exact) mass is 371 g/mol. The largest absolute Gasteiger partial charge is 0.481 e. The van der Waals surface area contributed by atoms with Gasteiger partial charge in [-0.25, -0.2) is 0 Å². The Kier molecular flexibility index (Phi) is 4.70. The van der Waals surface area contributed by atoms with E-state index in [0.29, 0.717) is 6.54 Å². The standard InChI is InChI=1S/C24H21NO3/c1-16(24(27)28)18-12-13-22(21(14-18)17-8-4-2-3-5-9-17)25-15-19-10-6-7-11-20(19)23(25)26/h2,4-14,16H,3,15H2,1H3,(H,27,28). The molecule has 1 N–H and O–H groups in total. The van der Waals surface area contributed by atoms with Gasteiger partial charge < -0.3 is 10.0 Å². The summed E-state index contributed by atoms with van der Waals surface area (Å²) in [4.78, 5) is 26.3. The van der Waals surface area contributed by atoms with Crippen molar-refractivity contribution in [3.8, 4) is 0 Å². The number of benzene rings is 2. The summed E-state index contributed by atoms with van der Waals surface area (Å²) in [6.07, 6.45) is 11.0. The molecule has 1 unspecified atom stereocenters. The first kappa shape index (κ1) is 18.0. The normalized spacial score (nSPS) is 16.5. The zero-order valence-corrected chi connectivity index (χ0v) is 15.6. The number of amides is 1. The molecule has 4 rings (SSSR count). The third kappa shape index (κ3) is 3.18. The van der Waals surface area contributed by atoms with Gasteiger partial charge in [0.25, 0.3) is 5.91 Å². The van der Waals surface area contributed by atoms with Gasteiger partial charge in [-0.1, -0.05) is 54.6 Å². The first-order valence-corrected chi connectivity index (χ1v) is 9.36. The first-order chi connectivity index (χ1) is 13.6. The molecule has 2 aromatic rings. The molecule has 0 saturated heterocycles. The van der Waals surface area contributed by atoms with Gasteiger partial charge in [0.2, 0.25) is 0 Å². The fraction of sp³-hybridized carbons (Fsp3) is 0.167. The second-order valence-electron chi connectivity index (χ2n) is 7.07. The lowest BCUT2D eigenvalue weighted by atomic mass is 9.94. The number of aliphatic carboxylic acids is 1. The fourth-order valence-electron chi connectivity index (χ4n) is 3.64. The van der Waals surface area contributed by atoms with E-state index < -0.39 is 11.9 Å². The number of anilines is 1. The van der Waals surface area contributed by atoms with Gasteiger partial charge >= 0.3 is 5.97 Å². The summed E-state index contributed by atoms with van der Waals surface area (Å²) < 4.78 is 0. The van der Waals surface area contributed by atoms with Crippen molar-refractivity contribution in [1.29, 1.82) is 0 Å². The van der Waals surface area contributed by atoms with Crippen LogP contribution < -0.4 is 4.90 Å². The summed E-state index contributed by atoms with van der Waals surface area (Å²) in [5.41, 5.74) is 5.08. The number of hydrogen-bond acceptors (Lipinski definition) is 2. The summed E-state index contributed by atoms with van der Waals surface area (Å²) in [7, 11) is 0. The van der Waals surface area contributed by atoms with Crippen molar-refractivity contribution in [2.45, 2.75) is 25.8 Å². The Morgan fingerprint density at radius 1 is 1.11 bits per heavy atom. The molecule has 1 heterocycles. The van der Waals surface area contributed by atoms with E-state index in [1.807, 2.05) is 60.7 Å². The first-order valence-electron chi connectivity index (χ1n) is 9.36. The van der Waals surface area contributed by atoms with Crippen molar-refractivity contribution in [3.05, 3.63) is 95.1 Å². The van der Waals surface area contributed by atoms with Gasteiger partial charge in [-0.3, -0.25) is 9.59 Å². The predicted molar refractivity (Wildman–Crippen MR) is 110 cm³/mol. The van der Waals surface area contributed by atoms with Crippen molar-refractivity contribution in [1.82, 2.24) is 0 Å². The van der Waals surface area contributed by atoms with Gasteiger partial charge in [-0.05, 0) is 48.2 Å². The van der Waals surface area contributed by atoms with E-state index in [0.717, 1.165) is 39.9 Å². The van der Waals surface area contributed by atoms with E-state index >= 15 is 0 Å². The van der Waals surface area contributed by atoms with Crippen LogP contribution in [-0.2, 0) is 11.3 Å². The van der Waals surface area contributed by atoms with Crippen LogP contribution in [0.25, 0.3) is 5.57 Å². The minimum absolute atomic E-state index is 0.0235. The molecule has 4 heteroatoms. The van der Waals surface area contributed by atoms with Crippen molar-refractivity contribution >= 4 is 23.1 Å². The van der Waals surface area contributed by atoms with Gasteiger partial charge in [-0.15, -0.1) is 0 Å². The average molecular weight is 371 g/mol. The van der Waals surface area contributed by atoms with Crippen LogP contribution in [0.1, 0.15) is 46.3 Å². The number of fused-ring (bicyclic) bond motifs is 1. The van der Waals surface area contributed by atoms with Crippen LogP contribution in [0.15, 0.2) is 72.8 Å². The Morgan fingerprint density at radius 3 is 2.71 bits per heavy atom. The third-order valence-corrected chi connectivity index (χ3v) is 5.30. The maximum Gasteiger partial charge on any atom is 0.310 e. The predicted octanol–water partition coefficient (Wildman–Crippen LogP) is 4.93. The lowest BCUT2D eigenvalue weighted by Gasteiger charge is -2.22. The SMILES string of the molecule is CC(C(=O)O)c1ccc(N2Cc3ccccc3C2=O)c(C2=CC=CCC=C2)c1. The van der Waals surface area contributed by atoms with Crippen LogP contribution in [0, 0.1) is 0 Å². The number of carboxylic acid groups (broad SMARTS) is 1. The molecule has 0 aromatic heterocycles. The molecule has 2 aliphatic rings. The summed E-state index contributed by atoms with van der Waals surface area (Å²) in [6.45, 7) is 2.19. The van der Waals surface area contributed by atoms with E-state index in [9.17, 15) is 14.7 Å². The van der Waals surface area contributed by atoms with E-state index in [1.54, 1.807) is 11.8 Å². The van der Waals surface area contributed by atoms with E-state index in [2.05, 4.69) is 12.2 Å². The number of hydrogen-bond donors (Lipinski definition) is 1. The van der Waals surface area contributed by atoms with Gasteiger partial charge in [0.15, 0.2) is 0 Å². The fourth-order valence-corrected chi connectivity index (χ4v) is 3.64. The van der Waals surface area contributed by atoms with Crippen LogP contribution >= 0.6 is 0 Å². The molecule has 4 nitrogen and oxygen atoms in total. The third-order valence-electron chi connectivity index (χ3n) is 5.30. The molecule has 0 saturated carbocycles. The van der Waals surface area contributed by atoms with Crippen LogP contribution in [0.4, 0.5) is 5.69 Å². The second-order valence-corrected chi connectivity index (χ2v) is 7.07. The number of carbonyl (C=O) groups is 2.